The molecule has 0 heterocycles. The summed E-state index contributed by atoms with van der Waals surface area (Å²) in [5.41, 5.74) is 0. The molecule has 0 atom stereocenters. The van der Waals surface area contributed by atoms with Gasteiger partial charge in [-0.25, -0.2) is 0 Å². The van der Waals surface area contributed by atoms with E-state index in [1.54, 1.807) is 0 Å². The molecule has 1 radical (unpaired) electrons. The molecule has 0 saturated heterocycles. The van der Waals surface area contributed by atoms with Gasteiger partial charge in [-0.05, 0) is 20.8 Å². The SMILES string of the molecule is CC(=O)[O-].CC(=O)[O-].CC(=O)[O-].[Ru+3]. The van der Waals surface area contributed by atoms with Crippen LogP contribution in [0, 0.1) is 0 Å². The Bertz CT molecular complexity index is 115. The van der Waals surface area contributed by atoms with Gasteiger partial charge in [0, 0.05) is 17.9 Å². The smallest absolute Gasteiger partial charge is 0.550 e. The third kappa shape index (κ3) is 964. The summed E-state index contributed by atoms with van der Waals surface area (Å²) in [7, 11) is 0. The molecule has 0 rings (SSSR count). The first-order valence-corrected chi connectivity index (χ1v) is 2.72. The van der Waals surface area contributed by atoms with Crippen LogP contribution in [-0.4, -0.2) is 17.9 Å². The van der Waals surface area contributed by atoms with E-state index < -0.39 is 17.9 Å². The molecule has 0 aliphatic rings. The van der Waals surface area contributed by atoms with E-state index in [4.69, 9.17) is 29.7 Å². The summed E-state index contributed by atoms with van der Waals surface area (Å²) in [4.78, 5) is 26.7. The van der Waals surface area contributed by atoms with Gasteiger partial charge in [0.15, 0.2) is 0 Å². The van der Waals surface area contributed by atoms with Gasteiger partial charge >= 0.3 is 19.5 Å². The molecule has 0 aromatic carbocycles. The van der Waals surface area contributed by atoms with Crippen LogP contribution in [0.15, 0.2) is 0 Å². The van der Waals surface area contributed by atoms with Crippen LogP contribution in [0.4, 0.5) is 0 Å². The summed E-state index contributed by atoms with van der Waals surface area (Å²) in [6.45, 7) is 2.92. The number of carbonyl (C=O) groups is 3. The van der Waals surface area contributed by atoms with Gasteiger partial charge in [-0.1, -0.05) is 0 Å². The summed E-state index contributed by atoms with van der Waals surface area (Å²) in [6.07, 6.45) is 0. The molecule has 0 aliphatic heterocycles. The van der Waals surface area contributed by atoms with Crippen molar-refractivity contribution in [3.63, 3.8) is 0 Å². The minimum atomic E-state index is -1.08. The first-order chi connectivity index (χ1) is 5.20. The Morgan fingerprint density at radius 1 is 0.692 bits per heavy atom. The molecule has 0 saturated carbocycles. The van der Waals surface area contributed by atoms with Crippen molar-refractivity contribution in [1.82, 2.24) is 0 Å². The molecule has 0 spiro atoms. The maximum Gasteiger partial charge on any atom is 3.00 e. The van der Waals surface area contributed by atoms with Crippen molar-refractivity contribution in [2.75, 3.05) is 0 Å². The second-order valence-electron chi connectivity index (χ2n) is 1.47. The van der Waals surface area contributed by atoms with Gasteiger partial charge in [-0.3, -0.25) is 0 Å². The Kier molecular flexibility index (Phi) is 30.1. The van der Waals surface area contributed by atoms with Crippen molar-refractivity contribution in [2.24, 2.45) is 0 Å². The molecule has 0 amide bonds. The summed E-state index contributed by atoms with van der Waals surface area (Å²) in [5.74, 6) is -3.25. The van der Waals surface area contributed by atoms with E-state index in [0.29, 0.717) is 0 Å². The van der Waals surface area contributed by atoms with Gasteiger partial charge in [0.1, 0.15) is 0 Å². The fourth-order valence-electron chi connectivity index (χ4n) is 0. The van der Waals surface area contributed by atoms with Gasteiger partial charge < -0.3 is 29.7 Å². The monoisotopic (exact) mass is 279 g/mol. The second kappa shape index (κ2) is 17.2. The quantitative estimate of drug-likeness (QED) is 0.420. The van der Waals surface area contributed by atoms with Crippen LogP contribution >= 0.6 is 0 Å². The predicted octanol–water partition coefficient (Wildman–Crippen LogP) is -3.73. The number of aliphatic carboxylic acids is 3. The zero-order valence-corrected chi connectivity index (χ0v) is 9.04. The largest absolute Gasteiger partial charge is 3.00 e. The fourth-order valence-corrected chi connectivity index (χ4v) is 0. The number of rotatable bonds is 0. The predicted molar refractivity (Wildman–Crippen MR) is 32.0 cm³/mol. The van der Waals surface area contributed by atoms with Crippen molar-refractivity contribution >= 4 is 17.9 Å². The van der Waals surface area contributed by atoms with E-state index in [0.717, 1.165) is 20.8 Å². The standard InChI is InChI=1S/3C2H4O2.Ru/c3*1-2(3)4;/h3*1H3,(H,3,4);/q;;;+3/p-3. The Morgan fingerprint density at radius 3 is 0.692 bits per heavy atom. The minimum Gasteiger partial charge on any atom is -0.550 e. The summed E-state index contributed by atoms with van der Waals surface area (Å²) >= 11 is 0. The molecule has 0 unspecified atom stereocenters. The van der Waals surface area contributed by atoms with Crippen LogP contribution in [-0.2, 0) is 33.9 Å². The topological polar surface area (TPSA) is 120 Å². The number of hydrogen-bond donors (Lipinski definition) is 0. The Hall–Kier alpha value is -0.967. The van der Waals surface area contributed by atoms with Gasteiger partial charge in [0.2, 0.25) is 0 Å². The van der Waals surface area contributed by atoms with Crippen molar-refractivity contribution in [3.05, 3.63) is 0 Å². The zero-order chi connectivity index (χ0) is 10.7. The fraction of sp³-hybridized carbons (Fsp3) is 0.500. The zero-order valence-electron chi connectivity index (χ0n) is 7.30. The number of hydrogen-bond acceptors (Lipinski definition) is 6. The van der Waals surface area contributed by atoms with Crippen molar-refractivity contribution in [2.45, 2.75) is 20.8 Å². The maximum atomic E-state index is 8.89. The Morgan fingerprint density at radius 2 is 0.692 bits per heavy atom. The first-order valence-electron chi connectivity index (χ1n) is 2.72. The molecule has 0 fully saturated rings. The molecule has 6 nitrogen and oxygen atoms in total. The van der Waals surface area contributed by atoms with Gasteiger partial charge in [-0.15, -0.1) is 0 Å². The molecule has 77 valence electrons. The number of carbonyl (C=O) groups excluding carboxylic acids is 3. The van der Waals surface area contributed by atoms with Crippen LogP contribution in [0.1, 0.15) is 20.8 Å². The molecular weight excluding hydrogens is 269 g/mol. The molecule has 13 heavy (non-hydrogen) atoms. The first kappa shape index (κ1) is 22.7. The van der Waals surface area contributed by atoms with Crippen LogP contribution in [0.3, 0.4) is 0 Å². The molecule has 0 bridgehead atoms. The second-order valence-corrected chi connectivity index (χ2v) is 1.47. The number of carboxylic acids is 3. The van der Waals surface area contributed by atoms with Gasteiger partial charge in [0.25, 0.3) is 0 Å². The average Bonchev–Trinajstić information content (AvgIpc) is 1.54. The molecule has 0 N–H and O–H groups in total. The van der Waals surface area contributed by atoms with Crippen molar-refractivity contribution in [1.29, 1.82) is 0 Å². The van der Waals surface area contributed by atoms with E-state index >= 15 is 0 Å². The Labute approximate surface area is 88.3 Å². The molecule has 0 aromatic rings. The van der Waals surface area contributed by atoms with E-state index in [1.165, 1.54) is 0 Å². The summed E-state index contributed by atoms with van der Waals surface area (Å²) in [5, 5.41) is 26.7. The summed E-state index contributed by atoms with van der Waals surface area (Å²) in [6, 6.07) is 0. The minimum absolute atomic E-state index is 0. The Balaban J connectivity index is -0.0000000450. The van der Waals surface area contributed by atoms with E-state index in [1.807, 2.05) is 0 Å². The normalized spacial score (nSPS) is 5.77. The maximum absolute atomic E-state index is 8.89. The average molecular weight is 278 g/mol. The van der Waals surface area contributed by atoms with E-state index in [-0.39, 0.29) is 19.5 Å². The third-order valence-electron chi connectivity index (χ3n) is 0. The summed E-state index contributed by atoms with van der Waals surface area (Å²) < 4.78 is 0. The van der Waals surface area contributed by atoms with Crippen LogP contribution < -0.4 is 15.3 Å². The van der Waals surface area contributed by atoms with Crippen LogP contribution in [0.25, 0.3) is 0 Å². The molecular formula is C6H9O6Ru. The van der Waals surface area contributed by atoms with Crippen molar-refractivity contribution < 1.29 is 49.2 Å². The van der Waals surface area contributed by atoms with Crippen LogP contribution in [0.2, 0.25) is 0 Å². The van der Waals surface area contributed by atoms with E-state index in [2.05, 4.69) is 0 Å². The van der Waals surface area contributed by atoms with Crippen LogP contribution in [0.5, 0.6) is 0 Å². The van der Waals surface area contributed by atoms with E-state index in [9.17, 15) is 0 Å². The molecule has 7 heteroatoms. The molecule has 0 aliphatic carbocycles. The van der Waals surface area contributed by atoms with Gasteiger partial charge in [-0.2, -0.15) is 0 Å². The van der Waals surface area contributed by atoms with Gasteiger partial charge in [0.05, 0.1) is 0 Å². The third-order valence-corrected chi connectivity index (χ3v) is 0. The molecule has 0 aromatic heterocycles. The number of carboxylic acid groups (broad SMARTS) is 3. The van der Waals surface area contributed by atoms with Crippen molar-refractivity contribution in [3.8, 4) is 0 Å².